The number of H-pyrrole nitrogens is 2. The van der Waals surface area contributed by atoms with Gasteiger partial charge in [0.05, 0.1) is 11.0 Å². The van der Waals surface area contributed by atoms with Crippen LogP contribution in [0.1, 0.15) is 0 Å². The Morgan fingerprint density at radius 2 is 1.03 bits per heavy atom. The maximum Gasteiger partial charge on any atom is 0.137 e. The molecule has 174 valence electrons. The first kappa shape index (κ1) is 20.2. The second-order valence-corrected chi connectivity index (χ2v) is 9.54. The quantitative estimate of drug-likeness (QED) is 0.226. The van der Waals surface area contributed by atoms with E-state index in [9.17, 15) is 0 Å². The molecule has 0 radical (unpaired) electrons. The molecular weight excluding hydrogens is 452 g/mol. The molecule has 0 saturated carbocycles. The summed E-state index contributed by atoms with van der Waals surface area (Å²) in [6, 6.07) is 42.3. The van der Waals surface area contributed by atoms with Gasteiger partial charge in [-0.15, -0.1) is 0 Å². The molecule has 6 aromatic carbocycles. The molecule has 3 aromatic heterocycles. The molecule has 3 heteroatoms. The molecule has 3 nitrogen and oxygen atoms in total. The van der Waals surface area contributed by atoms with E-state index < -0.39 is 0 Å². The molecule has 3 heterocycles. The zero-order chi connectivity index (χ0) is 24.3. The summed E-state index contributed by atoms with van der Waals surface area (Å²) >= 11 is 0. The van der Waals surface area contributed by atoms with Gasteiger partial charge in [0.2, 0.25) is 0 Å². The van der Waals surface area contributed by atoms with Gasteiger partial charge in [0, 0.05) is 54.8 Å². The van der Waals surface area contributed by atoms with E-state index in [0.717, 1.165) is 16.7 Å². The summed E-state index contributed by atoms with van der Waals surface area (Å²) in [5.41, 5.74) is 6.62. The van der Waals surface area contributed by atoms with E-state index in [1.807, 2.05) is 12.1 Å². The van der Waals surface area contributed by atoms with Crippen LogP contribution in [0, 0.1) is 0 Å². The number of nitrogens with one attached hydrogen (secondary N) is 2. The van der Waals surface area contributed by atoms with Crippen molar-refractivity contribution in [2.45, 2.75) is 0 Å². The van der Waals surface area contributed by atoms with Crippen molar-refractivity contribution >= 4 is 76.3 Å². The Morgan fingerprint density at radius 3 is 1.86 bits per heavy atom. The first-order valence-corrected chi connectivity index (χ1v) is 12.5. The smallest absolute Gasteiger partial charge is 0.137 e. The van der Waals surface area contributed by atoms with E-state index in [1.165, 1.54) is 59.6 Å². The molecule has 0 spiro atoms. The Labute approximate surface area is 211 Å². The highest BCUT2D eigenvalue weighted by atomic mass is 16.3. The number of fused-ring (bicyclic) bond motifs is 11. The van der Waals surface area contributed by atoms with Gasteiger partial charge in [0.15, 0.2) is 0 Å². The molecule has 0 atom stereocenters. The summed E-state index contributed by atoms with van der Waals surface area (Å²) in [4.78, 5) is 6.98. The van der Waals surface area contributed by atoms with Gasteiger partial charge in [-0.25, -0.2) is 0 Å². The van der Waals surface area contributed by atoms with Gasteiger partial charge in [0.25, 0.3) is 0 Å². The molecule has 9 rings (SSSR count). The Kier molecular flexibility index (Phi) is 4.23. The van der Waals surface area contributed by atoms with Gasteiger partial charge < -0.3 is 14.4 Å². The molecule has 0 bridgehead atoms. The van der Waals surface area contributed by atoms with Crippen molar-refractivity contribution in [2.24, 2.45) is 0 Å². The monoisotopic (exact) mass is 474 g/mol. The number of aromatic amines is 2. The average molecular weight is 475 g/mol. The fourth-order valence-electron chi connectivity index (χ4n) is 5.66. The standard InChI is InChI=1S/C18H11NO.C16H11N/c1-3-7-15-11(5-1)13-9-14-12-6-2-4-8-17(12)20-18(14)10-16(13)19-15;1-2-6-12-11(5-1)9-10-14-13-7-3-4-8-15(13)17-16(12)14/h1-10,19H;1-10,17H. The van der Waals surface area contributed by atoms with Crippen LogP contribution in [0.2, 0.25) is 0 Å². The third-order valence-corrected chi connectivity index (χ3v) is 7.41. The highest BCUT2D eigenvalue weighted by molar-refractivity contribution is 6.17. The number of para-hydroxylation sites is 3. The number of benzene rings is 6. The molecule has 2 N–H and O–H groups in total. The van der Waals surface area contributed by atoms with Crippen LogP contribution in [0.15, 0.2) is 126 Å². The second-order valence-electron chi connectivity index (χ2n) is 9.54. The zero-order valence-electron chi connectivity index (χ0n) is 20.0. The van der Waals surface area contributed by atoms with Crippen molar-refractivity contribution in [3.8, 4) is 0 Å². The van der Waals surface area contributed by atoms with Gasteiger partial charge >= 0.3 is 0 Å². The third-order valence-electron chi connectivity index (χ3n) is 7.41. The van der Waals surface area contributed by atoms with Gasteiger partial charge in [-0.1, -0.05) is 91.0 Å². The van der Waals surface area contributed by atoms with E-state index in [0.29, 0.717) is 0 Å². The maximum absolute atomic E-state index is 5.94. The van der Waals surface area contributed by atoms with Crippen molar-refractivity contribution in [2.75, 3.05) is 0 Å². The molecule has 9 aromatic rings. The molecule has 0 fully saturated rings. The molecule has 0 aliphatic heterocycles. The minimum Gasteiger partial charge on any atom is -0.456 e. The van der Waals surface area contributed by atoms with Gasteiger partial charge in [-0.05, 0) is 29.7 Å². The summed E-state index contributed by atoms with van der Waals surface area (Å²) in [7, 11) is 0. The van der Waals surface area contributed by atoms with E-state index in [-0.39, 0.29) is 0 Å². The molecule has 0 aliphatic rings. The highest BCUT2D eigenvalue weighted by Gasteiger charge is 2.11. The third kappa shape index (κ3) is 3.08. The van der Waals surface area contributed by atoms with Crippen molar-refractivity contribution in [1.82, 2.24) is 9.97 Å². The molecular formula is C34H22N2O. The molecule has 0 amide bonds. The minimum atomic E-state index is 0.935. The first-order chi connectivity index (χ1) is 18.3. The summed E-state index contributed by atoms with van der Waals surface area (Å²) in [5, 5.41) is 10.0. The van der Waals surface area contributed by atoms with Gasteiger partial charge in [0.1, 0.15) is 11.2 Å². The number of hydrogen-bond donors (Lipinski definition) is 2. The predicted octanol–water partition coefficient (Wildman–Crippen LogP) is 9.69. The summed E-state index contributed by atoms with van der Waals surface area (Å²) in [6.45, 7) is 0. The molecule has 0 unspecified atom stereocenters. The lowest BCUT2D eigenvalue weighted by Gasteiger charge is -1.98. The Bertz CT molecular complexity index is 2180. The second kappa shape index (κ2) is 7.74. The lowest BCUT2D eigenvalue weighted by molar-refractivity contribution is 0.669. The van der Waals surface area contributed by atoms with Crippen molar-refractivity contribution in [3.63, 3.8) is 0 Å². The highest BCUT2D eigenvalue weighted by Crippen LogP contribution is 2.35. The van der Waals surface area contributed by atoms with E-state index in [4.69, 9.17) is 4.42 Å². The van der Waals surface area contributed by atoms with Crippen molar-refractivity contribution in [3.05, 3.63) is 121 Å². The zero-order valence-corrected chi connectivity index (χ0v) is 20.0. The number of furan rings is 1. The van der Waals surface area contributed by atoms with Crippen molar-refractivity contribution in [1.29, 1.82) is 0 Å². The normalized spacial score (nSPS) is 11.8. The fraction of sp³-hybridized carbons (Fsp3) is 0. The van der Waals surface area contributed by atoms with Gasteiger partial charge in [-0.3, -0.25) is 0 Å². The number of rotatable bonds is 0. The molecule has 37 heavy (non-hydrogen) atoms. The van der Waals surface area contributed by atoms with Crippen LogP contribution >= 0.6 is 0 Å². The Balaban J connectivity index is 0.000000118. The van der Waals surface area contributed by atoms with Crippen molar-refractivity contribution < 1.29 is 4.42 Å². The lowest BCUT2D eigenvalue weighted by Crippen LogP contribution is -1.74. The van der Waals surface area contributed by atoms with E-state index >= 15 is 0 Å². The summed E-state index contributed by atoms with van der Waals surface area (Å²) in [5.74, 6) is 0. The largest absolute Gasteiger partial charge is 0.456 e. The van der Waals surface area contributed by atoms with Crippen LogP contribution in [0.3, 0.4) is 0 Å². The molecule has 0 aliphatic carbocycles. The summed E-state index contributed by atoms with van der Waals surface area (Å²) in [6.07, 6.45) is 0. The van der Waals surface area contributed by atoms with Crippen LogP contribution < -0.4 is 0 Å². The average Bonchev–Trinajstić information content (AvgIpc) is 3.63. The SMILES string of the molecule is c1ccc2c(c1)[nH]c1cc3oc4ccccc4c3cc12.c1ccc2c(c1)ccc1c3ccccc3[nH]c21. The minimum absolute atomic E-state index is 0.935. The summed E-state index contributed by atoms with van der Waals surface area (Å²) < 4.78 is 5.94. The van der Waals surface area contributed by atoms with Crippen LogP contribution in [0.5, 0.6) is 0 Å². The first-order valence-electron chi connectivity index (χ1n) is 12.5. The topological polar surface area (TPSA) is 44.7 Å². The van der Waals surface area contributed by atoms with Crippen LogP contribution in [-0.4, -0.2) is 9.97 Å². The molecule has 0 saturated heterocycles. The number of hydrogen-bond acceptors (Lipinski definition) is 1. The van der Waals surface area contributed by atoms with Crippen LogP contribution in [0.25, 0.3) is 76.3 Å². The van der Waals surface area contributed by atoms with Crippen LogP contribution in [0.4, 0.5) is 0 Å². The van der Waals surface area contributed by atoms with Crippen LogP contribution in [-0.2, 0) is 0 Å². The number of aromatic nitrogens is 2. The predicted molar refractivity (Wildman–Crippen MR) is 156 cm³/mol. The Hall–Kier alpha value is -5.02. The maximum atomic E-state index is 5.94. The van der Waals surface area contributed by atoms with Gasteiger partial charge in [-0.2, -0.15) is 0 Å². The van der Waals surface area contributed by atoms with E-state index in [1.54, 1.807) is 0 Å². The Morgan fingerprint density at radius 1 is 0.378 bits per heavy atom. The lowest BCUT2D eigenvalue weighted by atomic mass is 10.1. The fourth-order valence-corrected chi connectivity index (χ4v) is 5.66. The van der Waals surface area contributed by atoms with E-state index in [2.05, 4.69) is 119 Å².